The maximum atomic E-state index is 11.7. The molecule has 0 radical (unpaired) electrons. The van der Waals surface area contributed by atoms with Crippen LogP contribution in [-0.4, -0.2) is 9.97 Å². The van der Waals surface area contributed by atoms with Gasteiger partial charge in [0.05, 0.1) is 15.9 Å². The van der Waals surface area contributed by atoms with Crippen molar-refractivity contribution in [1.29, 1.82) is 0 Å². The normalized spacial score (nSPS) is 10.8. The molecule has 0 aliphatic heterocycles. The second-order valence-electron chi connectivity index (χ2n) is 3.40. The molecule has 1 N–H and O–H groups in total. The van der Waals surface area contributed by atoms with Gasteiger partial charge in [-0.1, -0.05) is 24.6 Å². The van der Waals surface area contributed by atoms with Crippen molar-refractivity contribution < 1.29 is 0 Å². The zero-order chi connectivity index (χ0) is 10.8. The zero-order valence-corrected chi connectivity index (χ0v) is 9.14. The average Bonchev–Trinajstić information content (AvgIpc) is 2.20. The third-order valence-corrected chi connectivity index (χ3v) is 2.53. The lowest BCUT2D eigenvalue weighted by molar-refractivity contribution is 0.837. The lowest BCUT2D eigenvalue weighted by atomic mass is 10.2. The minimum Gasteiger partial charge on any atom is -0.310 e. The summed E-state index contributed by atoms with van der Waals surface area (Å²) in [6.07, 6.45) is 1.70. The molecule has 0 unspecified atom stereocenters. The first-order chi connectivity index (χ1) is 7.22. The Kier molecular flexibility index (Phi) is 2.73. The summed E-state index contributed by atoms with van der Waals surface area (Å²) in [6.45, 7) is 2.04. The smallest absolute Gasteiger partial charge is 0.258 e. The van der Waals surface area contributed by atoms with E-state index in [-0.39, 0.29) is 5.56 Å². The summed E-state index contributed by atoms with van der Waals surface area (Å²) in [5.41, 5.74) is 0.470. The van der Waals surface area contributed by atoms with E-state index in [4.69, 9.17) is 11.6 Å². The Labute approximate surface area is 92.1 Å². The predicted molar refractivity (Wildman–Crippen MR) is 61.4 cm³/mol. The summed E-state index contributed by atoms with van der Waals surface area (Å²) in [5, 5.41) is 1.07. The third-order valence-electron chi connectivity index (χ3n) is 2.22. The van der Waals surface area contributed by atoms with Crippen LogP contribution in [0.3, 0.4) is 0 Å². The number of nitrogens with zero attached hydrogens (tertiary/aromatic N) is 1. The van der Waals surface area contributed by atoms with E-state index in [1.54, 1.807) is 18.2 Å². The van der Waals surface area contributed by atoms with Crippen LogP contribution in [0.25, 0.3) is 10.9 Å². The van der Waals surface area contributed by atoms with Gasteiger partial charge in [0, 0.05) is 6.42 Å². The molecule has 0 aliphatic rings. The molecule has 0 atom stereocenters. The van der Waals surface area contributed by atoms with Crippen molar-refractivity contribution >= 4 is 22.5 Å². The minimum absolute atomic E-state index is 0.119. The molecule has 2 rings (SSSR count). The second kappa shape index (κ2) is 4.03. The highest BCUT2D eigenvalue weighted by molar-refractivity contribution is 6.34. The van der Waals surface area contributed by atoms with Crippen LogP contribution in [0.1, 0.15) is 19.2 Å². The quantitative estimate of drug-likeness (QED) is 0.849. The highest BCUT2D eigenvalue weighted by atomic mass is 35.5. The highest BCUT2D eigenvalue weighted by Gasteiger charge is 2.05. The number of aromatic amines is 1. The monoisotopic (exact) mass is 222 g/mol. The summed E-state index contributed by atoms with van der Waals surface area (Å²) >= 11 is 5.99. The van der Waals surface area contributed by atoms with Gasteiger partial charge in [0.1, 0.15) is 5.82 Å². The first kappa shape index (κ1) is 10.2. The van der Waals surface area contributed by atoms with Gasteiger partial charge < -0.3 is 4.98 Å². The molecular formula is C11H11ClN2O. The predicted octanol–water partition coefficient (Wildman–Crippen LogP) is 2.53. The number of fused-ring (bicyclic) bond motifs is 1. The fourth-order valence-corrected chi connectivity index (χ4v) is 1.75. The van der Waals surface area contributed by atoms with Crippen molar-refractivity contribution in [3.63, 3.8) is 0 Å². The number of para-hydroxylation sites is 1. The lowest BCUT2D eigenvalue weighted by Gasteiger charge is -2.02. The van der Waals surface area contributed by atoms with E-state index in [0.29, 0.717) is 21.7 Å². The molecule has 3 nitrogen and oxygen atoms in total. The van der Waals surface area contributed by atoms with Crippen molar-refractivity contribution in [3.8, 4) is 0 Å². The molecule has 0 amide bonds. The standard InChI is InChI=1S/C11H11ClN2O/c1-2-4-9-13-10-7(11(15)14-9)5-3-6-8(10)12/h3,5-6H,2,4H2,1H3,(H,13,14,15). The van der Waals surface area contributed by atoms with Gasteiger partial charge >= 0.3 is 0 Å². The Bertz CT molecular complexity index is 548. The van der Waals surface area contributed by atoms with E-state index in [0.717, 1.165) is 12.8 Å². The molecule has 1 aromatic carbocycles. The molecule has 0 saturated heterocycles. The van der Waals surface area contributed by atoms with Crippen LogP contribution < -0.4 is 5.56 Å². The highest BCUT2D eigenvalue weighted by Crippen LogP contribution is 2.18. The Morgan fingerprint density at radius 3 is 3.00 bits per heavy atom. The first-order valence-corrected chi connectivity index (χ1v) is 5.27. The molecule has 15 heavy (non-hydrogen) atoms. The molecule has 0 saturated carbocycles. The number of nitrogens with one attached hydrogen (secondary N) is 1. The fraction of sp³-hybridized carbons (Fsp3) is 0.273. The van der Waals surface area contributed by atoms with Crippen LogP contribution in [0.4, 0.5) is 0 Å². The van der Waals surface area contributed by atoms with Crippen LogP contribution >= 0.6 is 11.6 Å². The van der Waals surface area contributed by atoms with Gasteiger partial charge in [-0.2, -0.15) is 0 Å². The van der Waals surface area contributed by atoms with E-state index in [9.17, 15) is 4.79 Å². The Balaban J connectivity index is 2.74. The topological polar surface area (TPSA) is 45.8 Å². The Hall–Kier alpha value is -1.35. The molecular weight excluding hydrogens is 212 g/mol. The maximum absolute atomic E-state index is 11.7. The van der Waals surface area contributed by atoms with Crippen molar-refractivity contribution in [2.24, 2.45) is 0 Å². The maximum Gasteiger partial charge on any atom is 0.258 e. The molecule has 1 heterocycles. The van der Waals surface area contributed by atoms with Crippen LogP contribution in [0.5, 0.6) is 0 Å². The third kappa shape index (κ3) is 1.88. The van der Waals surface area contributed by atoms with E-state index in [1.165, 1.54) is 0 Å². The minimum atomic E-state index is -0.119. The number of benzene rings is 1. The van der Waals surface area contributed by atoms with Crippen LogP contribution in [0, 0.1) is 0 Å². The summed E-state index contributed by atoms with van der Waals surface area (Å²) < 4.78 is 0. The van der Waals surface area contributed by atoms with Crippen LogP contribution in [0.15, 0.2) is 23.0 Å². The average molecular weight is 223 g/mol. The lowest BCUT2D eigenvalue weighted by Crippen LogP contribution is -2.11. The molecule has 2 aromatic rings. The zero-order valence-electron chi connectivity index (χ0n) is 8.38. The number of hydrogen-bond donors (Lipinski definition) is 1. The Morgan fingerprint density at radius 2 is 2.27 bits per heavy atom. The Morgan fingerprint density at radius 1 is 1.47 bits per heavy atom. The van der Waals surface area contributed by atoms with Gasteiger partial charge in [0.25, 0.3) is 5.56 Å². The van der Waals surface area contributed by atoms with E-state index >= 15 is 0 Å². The molecule has 1 aromatic heterocycles. The summed E-state index contributed by atoms with van der Waals surface area (Å²) in [6, 6.07) is 5.22. The number of halogens is 1. The molecule has 78 valence electrons. The van der Waals surface area contributed by atoms with Gasteiger partial charge in [-0.3, -0.25) is 4.79 Å². The number of rotatable bonds is 2. The fourth-order valence-electron chi connectivity index (χ4n) is 1.53. The second-order valence-corrected chi connectivity index (χ2v) is 3.81. The van der Waals surface area contributed by atoms with Crippen molar-refractivity contribution in [3.05, 3.63) is 39.4 Å². The number of H-pyrrole nitrogens is 1. The number of aryl methyl sites for hydroxylation is 1. The van der Waals surface area contributed by atoms with Crippen molar-refractivity contribution in [2.75, 3.05) is 0 Å². The van der Waals surface area contributed by atoms with Gasteiger partial charge in [0.2, 0.25) is 0 Å². The summed E-state index contributed by atoms with van der Waals surface area (Å²) in [4.78, 5) is 18.8. The van der Waals surface area contributed by atoms with Crippen molar-refractivity contribution in [1.82, 2.24) is 9.97 Å². The molecule has 0 spiro atoms. The van der Waals surface area contributed by atoms with Gasteiger partial charge in [-0.05, 0) is 18.6 Å². The van der Waals surface area contributed by atoms with Gasteiger partial charge in [0.15, 0.2) is 0 Å². The van der Waals surface area contributed by atoms with Crippen molar-refractivity contribution in [2.45, 2.75) is 19.8 Å². The van der Waals surface area contributed by atoms with E-state index in [1.807, 2.05) is 6.92 Å². The van der Waals surface area contributed by atoms with Gasteiger partial charge in [-0.25, -0.2) is 4.98 Å². The molecule has 0 fully saturated rings. The van der Waals surface area contributed by atoms with E-state index in [2.05, 4.69) is 9.97 Å². The summed E-state index contributed by atoms with van der Waals surface area (Å²) in [7, 11) is 0. The van der Waals surface area contributed by atoms with E-state index < -0.39 is 0 Å². The summed E-state index contributed by atoms with van der Waals surface area (Å²) in [5.74, 6) is 0.697. The molecule has 0 bridgehead atoms. The molecule has 4 heteroatoms. The number of hydrogen-bond acceptors (Lipinski definition) is 2. The van der Waals surface area contributed by atoms with Gasteiger partial charge in [-0.15, -0.1) is 0 Å². The number of aromatic nitrogens is 2. The van der Waals surface area contributed by atoms with Crippen LogP contribution in [-0.2, 0) is 6.42 Å². The largest absolute Gasteiger partial charge is 0.310 e. The SMILES string of the molecule is CCCc1nc2c(Cl)cccc2c(=O)[nH]1. The van der Waals surface area contributed by atoms with Crippen LogP contribution in [0.2, 0.25) is 5.02 Å². The first-order valence-electron chi connectivity index (χ1n) is 4.89. The molecule has 0 aliphatic carbocycles.